The van der Waals surface area contributed by atoms with E-state index in [9.17, 15) is 4.79 Å². The van der Waals surface area contributed by atoms with Crippen molar-refractivity contribution in [3.05, 3.63) is 59.7 Å². The summed E-state index contributed by atoms with van der Waals surface area (Å²) in [6, 6.07) is 15.5. The van der Waals surface area contributed by atoms with Crippen LogP contribution in [0, 0.1) is 0 Å². The number of carbonyl (C=O) groups excluding carboxylic acids is 1. The molecule has 0 spiro atoms. The summed E-state index contributed by atoms with van der Waals surface area (Å²) in [7, 11) is 0. The quantitative estimate of drug-likeness (QED) is 0.767. The number of anilines is 1. The third-order valence-corrected chi connectivity index (χ3v) is 4.74. The Bertz CT molecular complexity index is 777. The Morgan fingerprint density at radius 3 is 2.54 bits per heavy atom. The minimum Gasteiger partial charge on any atom is -0.491 e. The predicted octanol–water partition coefficient (Wildman–Crippen LogP) is 3.86. The summed E-state index contributed by atoms with van der Waals surface area (Å²) in [4.78, 5) is 14.9. The van der Waals surface area contributed by atoms with E-state index >= 15 is 0 Å². The van der Waals surface area contributed by atoms with E-state index in [1.807, 2.05) is 74.2 Å². The summed E-state index contributed by atoms with van der Waals surface area (Å²) in [6.07, 6.45) is 0. The van der Waals surface area contributed by atoms with Crippen molar-refractivity contribution in [1.29, 1.82) is 0 Å². The van der Waals surface area contributed by atoms with Gasteiger partial charge in [0.25, 0.3) is 5.91 Å². The molecule has 5 heteroatoms. The van der Waals surface area contributed by atoms with E-state index in [1.165, 1.54) is 0 Å². The lowest BCUT2D eigenvalue weighted by molar-refractivity contribution is 0.0542. The second kappa shape index (κ2) is 7.79. The minimum absolute atomic E-state index is 0.0217. The van der Waals surface area contributed by atoms with Crippen LogP contribution in [0.3, 0.4) is 0 Å². The standard InChI is InChI=1S/C21H26N2O3/c1-4-23-20(24)16-10-6-8-12-18(16)22-21(23,3)17-11-7-9-13-19(17)26-15-14-25-5-2/h6-13,22H,4-5,14-15H2,1-3H3. The lowest BCUT2D eigenvalue weighted by atomic mass is 9.93. The monoisotopic (exact) mass is 354 g/mol. The molecule has 1 heterocycles. The van der Waals surface area contributed by atoms with Gasteiger partial charge in [0.2, 0.25) is 0 Å². The van der Waals surface area contributed by atoms with Crippen molar-refractivity contribution in [3.63, 3.8) is 0 Å². The summed E-state index contributed by atoms with van der Waals surface area (Å²) >= 11 is 0. The van der Waals surface area contributed by atoms with E-state index in [0.29, 0.717) is 31.9 Å². The first kappa shape index (κ1) is 18.3. The van der Waals surface area contributed by atoms with E-state index in [0.717, 1.165) is 17.0 Å². The molecule has 26 heavy (non-hydrogen) atoms. The molecule has 3 rings (SSSR count). The highest BCUT2D eigenvalue weighted by Gasteiger charge is 2.43. The van der Waals surface area contributed by atoms with Crippen molar-refractivity contribution in [3.8, 4) is 5.75 Å². The van der Waals surface area contributed by atoms with Gasteiger partial charge in [-0.3, -0.25) is 4.79 Å². The summed E-state index contributed by atoms with van der Waals surface area (Å²) in [6.45, 7) is 8.23. The molecule has 1 aliphatic rings. The van der Waals surface area contributed by atoms with E-state index < -0.39 is 5.66 Å². The fourth-order valence-corrected chi connectivity index (χ4v) is 3.48. The third-order valence-electron chi connectivity index (χ3n) is 4.74. The zero-order valence-electron chi connectivity index (χ0n) is 15.6. The number of fused-ring (bicyclic) bond motifs is 1. The maximum Gasteiger partial charge on any atom is 0.258 e. The molecule has 2 aromatic carbocycles. The Balaban J connectivity index is 1.98. The number of para-hydroxylation sites is 2. The highest BCUT2D eigenvalue weighted by molar-refractivity contribution is 6.02. The molecule has 0 aliphatic carbocycles. The van der Waals surface area contributed by atoms with Gasteiger partial charge in [-0.2, -0.15) is 0 Å². The van der Waals surface area contributed by atoms with Crippen LogP contribution in [-0.2, 0) is 10.4 Å². The molecule has 1 N–H and O–H groups in total. The largest absolute Gasteiger partial charge is 0.491 e. The highest BCUT2D eigenvalue weighted by Crippen LogP contribution is 2.40. The van der Waals surface area contributed by atoms with Crippen molar-refractivity contribution < 1.29 is 14.3 Å². The molecule has 0 radical (unpaired) electrons. The van der Waals surface area contributed by atoms with Gasteiger partial charge in [0.15, 0.2) is 0 Å². The lowest BCUT2D eigenvalue weighted by Crippen LogP contribution is -2.55. The molecule has 1 aliphatic heterocycles. The molecule has 0 bridgehead atoms. The maximum atomic E-state index is 13.1. The van der Waals surface area contributed by atoms with Gasteiger partial charge >= 0.3 is 0 Å². The Morgan fingerprint density at radius 1 is 1.04 bits per heavy atom. The molecule has 0 fully saturated rings. The SMILES string of the molecule is CCOCCOc1ccccc1C1(C)Nc2ccccc2C(=O)N1CC. The minimum atomic E-state index is -0.692. The van der Waals surface area contributed by atoms with Crippen LogP contribution in [0.15, 0.2) is 48.5 Å². The van der Waals surface area contributed by atoms with Gasteiger partial charge in [-0.25, -0.2) is 0 Å². The van der Waals surface area contributed by atoms with Crippen molar-refractivity contribution in [2.45, 2.75) is 26.4 Å². The molecule has 1 atom stereocenters. The molecular weight excluding hydrogens is 328 g/mol. The second-order valence-corrected chi connectivity index (χ2v) is 6.33. The number of benzene rings is 2. The number of nitrogens with one attached hydrogen (secondary N) is 1. The van der Waals surface area contributed by atoms with Gasteiger partial charge in [-0.1, -0.05) is 30.3 Å². The molecule has 0 saturated heterocycles. The van der Waals surface area contributed by atoms with Crippen LogP contribution in [-0.4, -0.2) is 37.2 Å². The normalized spacial score (nSPS) is 19.0. The number of hydrogen-bond acceptors (Lipinski definition) is 4. The zero-order chi connectivity index (χ0) is 18.6. The summed E-state index contributed by atoms with van der Waals surface area (Å²) in [5.74, 6) is 0.779. The van der Waals surface area contributed by atoms with Gasteiger partial charge in [-0.05, 0) is 39.0 Å². The van der Waals surface area contributed by atoms with Gasteiger partial charge < -0.3 is 19.7 Å². The second-order valence-electron chi connectivity index (χ2n) is 6.33. The first-order chi connectivity index (χ1) is 12.6. The number of ether oxygens (including phenoxy) is 2. The third kappa shape index (κ3) is 3.27. The molecule has 1 amide bonds. The van der Waals surface area contributed by atoms with Crippen LogP contribution in [0.5, 0.6) is 5.75 Å². The Hall–Kier alpha value is -2.53. The van der Waals surface area contributed by atoms with Crippen LogP contribution in [0.4, 0.5) is 5.69 Å². The van der Waals surface area contributed by atoms with Crippen molar-refractivity contribution >= 4 is 11.6 Å². The van der Waals surface area contributed by atoms with Gasteiger partial charge in [0.05, 0.1) is 12.2 Å². The smallest absolute Gasteiger partial charge is 0.258 e. The molecule has 1 unspecified atom stereocenters. The van der Waals surface area contributed by atoms with E-state index in [2.05, 4.69) is 5.32 Å². The van der Waals surface area contributed by atoms with Gasteiger partial charge in [0.1, 0.15) is 18.0 Å². The van der Waals surface area contributed by atoms with Crippen molar-refractivity contribution in [2.75, 3.05) is 31.7 Å². The topological polar surface area (TPSA) is 50.8 Å². The van der Waals surface area contributed by atoms with Crippen molar-refractivity contribution in [1.82, 2.24) is 4.90 Å². The first-order valence-electron chi connectivity index (χ1n) is 9.11. The van der Waals surface area contributed by atoms with Crippen molar-refractivity contribution in [2.24, 2.45) is 0 Å². The van der Waals surface area contributed by atoms with Crippen LogP contribution in [0.1, 0.15) is 36.7 Å². The summed E-state index contributed by atoms with van der Waals surface area (Å²) < 4.78 is 11.3. The zero-order valence-corrected chi connectivity index (χ0v) is 15.6. The fourth-order valence-electron chi connectivity index (χ4n) is 3.48. The van der Waals surface area contributed by atoms with E-state index in [-0.39, 0.29) is 5.91 Å². The number of rotatable bonds is 7. The Labute approximate surface area is 154 Å². The lowest BCUT2D eigenvalue weighted by Gasteiger charge is -2.46. The number of nitrogens with zero attached hydrogens (tertiary/aromatic N) is 1. The number of hydrogen-bond donors (Lipinski definition) is 1. The van der Waals surface area contributed by atoms with Crippen LogP contribution in [0.2, 0.25) is 0 Å². The molecule has 0 aromatic heterocycles. The molecule has 0 saturated carbocycles. The number of amides is 1. The predicted molar refractivity (Wildman–Crippen MR) is 103 cm³/mol. The van der Waals surface area contributed by atoms with Crippen LogP contribution < -0.4 is 10.1 Å². The molecule has 5 nitrogen and oxygen atoms in total. The Morgan fingerprint density at radius 2 is 1.77 bits per heavy atom. The molecule has 2 aromatic rings. The average molecular weight is 354 g/mol. The van der Waals surface area contributed by atoms with E-state index in [1.54, 1.807) is 0 Å². The summed E-state index contributed by atoms with van der Waals surface area (Å²) in [5, 5.41) is 3.56. The molecule has 138 valence electrons. The van der Waals surface area contributed by atoms with Gasteiger partial charge in [-0.15, -0.1) is 0 Å². The maximum absolute atomic E-state index is 13.1. The summed E-state index contributed by atoms with van der Waals surface area (Å²) in [5.41, 5.74) is 1.78. The van der Waals surface area contributed by atoms with Crippen LogP contribution in [0.25, 0.3) is 0 Å². The van der Waals surface area contributed by atoms with E-state index in [4.69, 9.17) is 9.47 Å². The van der Waals surface area contributed by atoms with Crippen LogP contribution >= 0.6 is 0 Å². The first-order valence-corrected chi connectivity index (χ1v) is 9.11. The average Bonchev–Trinajstić information content (AvgIpc) is 2.66. The Kier molecular flexibility index (Phi) is 5.47. The number of carbonyl (C=O) groups is 1. The fraction of sp³-hybridized carbons (Fsp3) is 0.381. The molecular formula is C21H26N2O3. The highest BCUT2D eigenvalue weighted by atomic mass is 16.5. The van der Waals surface area contributed by atoms with Gasteiger partial charge in [0, 0.05) is 24.4 Å².